The molecule has 8 aromatic rings. The normalized spacial score (nSPS) is 12.7. The molecule has 0 spiro atoms. The largest absolute Gasteiger partial charge is 0.460 e. The van der Waals surface area contributed by atoms with E-state index in [1.807, 2.05) is 24.3 Å². The quantitative estimate of drug-likeness (QED) is 0.108. The fraction of sp³-hybridized carbons (Fsp3) is 0.408. The molecule has 78 heavy (non-hydrogen) atoms. The van der Waals surface area contributed by atoms with Crippen molar-refractivity contribution in [1.82, 2.24) is 9.13 Å². The molecule has 1 atom stereocenters. The van der Waals surface area contributed by atoms with Crippen molar-refractivity contribution in [1.29, 1.82) is 10.5 Å². The van der Waals surface area contributed by atoms with Crippen LogP contribution in [0, 0.1) is 57.3 Å². The van der Waals surface area contributed by atoms with Gasteiger partial charge < -0.3 is 4.42 Å². The molecule has 406 valence electrons. The molecular formula is C71H88N6O+2. The van der Waals surface area contributed by atoms with E-state index < -0.39 is 0 Å². The summed E-state index contributed by atoms with van der Waals surface area (Å²) in [4.78, 5) is 0. The topological polar surface area (TPSA) is 78.3 Å². The van der Waals surface area contributed by atoms with Gasteiger partial charge in [-0.15, -0.1) is 0 Å². The summed E-state index contributed by atoms with van der Waals surface area (Å²) in [5.74, 6) is 3.82. The van der Waals surface area contributed by atoms with Gasteiger partial charge in [0.25, 0.3) is 17.8 Å². The highest BCUT2D eigenvalue weighted by molar-refractivity contribution is 5.95. The zero-order chi connectivity index (χ0) is 57.2. The van der Waals surface area contributed by atoms with Crippen LogP contribution in [0.4, 0.5) is 0 Å². The lowest BCUT2D eigenvalue weighted by Gasteiger charge is -2.21. The Kier molecular flexibility index (Phi) is 18.1. The van der Waals surface area contributed by atoms with Gasteiger partial charge in [0.2, 0.25) is 0 Å². The maximum absolute atomic E-state index is 10.7. The predicted octanol–water partition coefficient (Wildman–Crippen LogP) is 18.8. The summed E-state index contributed by atoms with van der Waals surface area (Å²) in [6.45, 7) is 46.9. The van der Waals surface area contributed by atoms with Crippen molar-refractivity contribution in [2.45, 2.75) is 193 Å². The number of aromatic nitrogens is 4. The van der Waals surface area contributed by atoms with Crippen LogP contribution in [0.1, 0.15) is 230 Å². The molecule has 1 aliphatic rings. The zero-order valence-corrected chi connectivity index (χ0v) is 50.8. The van der Waals surface area contributed by atoms with E-state index in [1.165, 1.54) is 63.2 Å². The molecule has 3 aromatic heterocycles. The second kappa shape index (κ2) is 24.2. The van der Waals surface area contributed by atoms with Crippen molar-refractivity contribution in [2.75, 3.05) is 0 Å². The Balaban J connectivity index is 0.00000141. The van der Waals surface area contributed by atoms with Crippen molar-refractivity contribution >= 4 is 17.0 Å². The third kappa shape index (κ3) is 10.2. The van der Waals surface area contributed by atoms with Crippen LogP contribution in [-0.2, 0) is 12.8 Å². The van der Waals surface area contributed by atoms with Gasteiger partial charge in [-0.05, 0) is 120 Å². The van der Waals surface area contributed by atoms with Crippen molar-refractivity contribution in [3.8, 4) is 57.4 Å². The Hall–Kier alpha value is -7.22. The number of imidazole rings is 2. The summed E-state index contributed by atoms with van der Waals surface area (Å²) >= 11 is 0. The molecule has 0 bridgehead atoms. The monoisotopic (exact) mass is 1040 g/mol. The smallest absolute Gasteiger partial charge is 0.298 e. The lowest BCUT2D eigenvalue weighted by Crippen LogP contribution is -2.58. The van der Waals surface area contributed by atoms with Crippen LogP contribution in [0.5, 0.6) is 0 Å². The Labute approximate surface area is 468 Å². The van der Waals surface area contributed by atoms with E-state index in [1.54, 1.807) is 0 Å². The van der Waals surface area contributed by atoms with Crippen LogP contribution in [0.3, 0.4) is 0 Å². The van der Waals surface area contributed by atoms with Crippen molar-refractivity contribution in [2.24, 2.45) is 0 Å². The molecule has 7 nitrogen and oxygen atoms in total. The molecule has 0 unspecified atom stereocenters. The molecular weight excluding hydrogens is 953 g/mol. The van der Waals surface area contributed by atoms with Crippen molar-refractivity contribution in [3.63, 3.8) is 0 Å². The molecule has 4 heterocycles. The van der Waals surface area contributed by atoms with Gasteiger partial charge in [-0.1, -0.05) is 147 Å². The molecule has 1 aliphatic heterocycles. The highest BCUT2D eigenvalue weighted by atomic mass is 16.3. The molecule has 0 saturated heterocycles. The number of aryl methyl sites for hydroxylation is 3. The Morgan fingerprint density at radius 1 is 0.615 bits per heavy atom. The van der Waals surface area contributed by atoms with E-state index in [0.29, 0.717) is 11.1 Å². The predicted molar refractivity (Wildman–Crippen MR) is 326 cm³/mol. The van der Waals surface area contributed by atoms with Gasteiger partial charge in [0.1, 0.15) is 45.5 Å². The van der Waals surface area contributed by atoms with Gasteiger partial charge in [-0.3, -0.25) is 0 Å². The van der Waals surface area contributed by atoms with Crippen molar-refractivity contribution < 1.29 is 13.6 Å². The molecule has 0 aliphatic carbocycles. The van der Waals surface area contributed by atoms with E-state index in [0.717, 1.165) is 98.2 Å². The molecule has 9 rings (SSSR count). The second-order valence-electron chi connectivity index (χ2n) is 22.9. The Bertz CT molecular complexity index is 3590. The minimum absolute atomic E-state index is 0.120. The SMILES string of the molecule is C=Cc1c(CCC)oc2cc(C(C)C)c(-n3c(C)c(C)[n+]([C@@H]4c5cc(C#N)ccc5-c5n(-c6c(C(C)C)cc(-c7cccc(CC)c7)cc6C(C)C)c(C)c(C)[n+]54)c3-c3ccc(C#N)cc3C)c(C(C)C)c12.CCC.CCC. The lowest BCUT2D eigenvalue weighted by atomic mass is 9.87. The number of benzene rings is 5. The van der Waals surface area contributed by atoms with Crippen LogP contribution >= 0.6 is 0 Å². The lowest BCUT2D eigenvalue weighted by molar-refractivity contribution is -0.924. The standard InChI is InChI=1S/C65H72N6O.2C3H8/c1-17-21-57-50(19-3)60-58(72-57)33-55(38(8)9)62(59(60)39(10)11)69-42(14)44(16)70(63(69)51-26-24-46(34-66)28-40(51)12)65-56-30-47(35-67)25-27-52(56)64-68(41(13)43(15)71(64)65)61-53(36(4)5)31-49(32-54(61)37(6)7)48-23-20-22-45(18-2)29-48;2*1-3-2/h19-20,22-33,36-39,65H,3,17-18,21H2,1-2,4-16H3;2*3H2,1-2H3/q+2;;/t65-;;/m0../s1. The number of rotatable bonds is 13. The first kappa shape index (κ1) is 58.5. The summed E-state index contributed by atoms with van der Waals surface area (Å²) in [5.41, 5.74) is 23.2. The van der Waals surface area contributed by atoms with Crippen LogP contribution < -0.4 is 9.13 Å². The van der Waals surface area contributed by atoms with E-state index in [2.05, 4.69) is 229 Å². The minimum Gasteiger partial charge on any atom is -0.460 e. The van der Waals surface area contributed by atoms with Gasteiger partial charge in [-0.2, -0.15) is 28.8 Å². The molecule has 0 N–H and O–H groups in total. The van der Waals surface area contributed by atoms with E-state index in [9.17, 15) is 10.5 Å². The number of furan rings is 1. The van der Waals surface area contributed by atoms with E-state index in [-0.39, 0.29) is 29.8 Å². The number of hydrogen-bond acceptors (Lipinski definition) is 3. The first-order chi connectivity index (χ1) is 37.2. The number of nitrogens with zero attached hydrogens (tertiary/aromatic N) is 6. The van der Waals surface area contributed by atoms with E-state index in [4.69, 9.17) is 4.42 Å². The van der Waals surface area contributed by atoms with Crippen LogP contribution in [0.25, 0.3) is 62.3 Å². The number of fused-ring (bicyclic) bond motifs is 4. The third-order valence-electron chi connectivity index (χ3n) is 15.6. The van der Waals surface area contributed by atoms with Gasteiger partial charge in [0.05, 0.1) is 40.0 Å². The molecule has 7 heteroatoms. The highest BCUT2D eigenvalue weighted by Gasteiger charge is 2.50. The van der Waals surface area contributed by atoms with Gasteiger partial charge in [0.15, 0.2) is 0 Å². The molecule has 0 amide bonds. The summed E-state index contributed by atoms with van der Waals surface area (Å²) in [7, 11) is 0. The second-order valence-corrected chi connectivity index (χ2v) is 22.9. The summed E-state index contributed by atoms with van der Waals surface area (Å²) in [6.07, 6.45) is 6.89. The van der Waals surface area contributed by atoms with Crippen molar-refractivity contribution in [3.05, 3.63) is 170 Å². The fourth-order valence-electron chi connectivity index (χ4n) is 11.8. The van der Waals surface area contributed by atoms with Gasteiger partial charge in [0, 0.05) is 67.3 Å². The fourth-order valence-corrected chi connectivity index (χ4v) is 11.8. The summed E-state index contributed by atoms with van der Waals surface area (Å²) in [6, 6.07) is 33.5. The minimum atomic E-state index is -0.378. The molecule has 5 aromatic carbocycles. The zero-order valence-electron chi connectivity index (χ0n) is 50.8. The van der Waals surface area contributed by atoms with Crippen LogP contribution in [0.15, 0.2) is 89.9 Å². The third-order valence-corrected chi connectivity index (χ3v) is 15.6. The number of hydrogen-bond donors (Lipinski definition) is 0. The molecule has 0 radical (unpaired) electrons. The maximum Gasteiger partial charge on any atom is 0.298 e. The maximum atomic E-state index is 10.7. The average Bonchev–Trinajstić information content (AvgIpc) is 4.29. The first-order valence-corrected chi connectivity index (χ1v) is 29.1. The van der Waals surface area contributed by atoms with E-state index >= 15 is 0 Å². The van der Waals surface area contributed by atoms with Crippen LogP contribution in [0.2, 0.25) is 0 Å². The van der Waals surface area contributed by atoms with Gasteiger partial charge in [-0.25, -0.2) is 0 Å². The Morgan fingerprint density at radius 3 is 1.62 bits per heavy atom. The average molecular weight is 1040 g/mol. The Morgan fingerprint density at radius 2 is 1.13 bits per heavy atom. The number of nitriles is 2. The first-order valence-electron chi connectivity index (χ1n) is 29.1. The summed E-state index contributed by atoms with van der Waals surface area (Å²) in [5, 5.41) is 22.0. The summed E-state index contributed by atoms with van der Waals surface area (Å²) < 4.78 is 17.0. The van der Waals surface area contributed by atoms with Crippen LogP contribution in [-0.4, -0.2) is 9.13 Å². The molecule has 0 fully saturated rings. The van der Waals surface area contributed by atoms with Gasteiger partial charge >= 0.3 is 0 Å². The molecule has 0 saturated carbocycles. The highest BCUT2D eigenvalue weighted by Crippen LogP contribution is 2.47.